The van der Waals surface area contributed by atoms with E-state index >= 15 is 0 Å². The van der Waals surface area contributed by atoms with Crippen LogP contribution in [0.3, 0.4) is 0 Å². The number of carbonyl (C=O) groups is 1. The molecular formula is C20H23BrN4O3. The maximum Gasteiger partial charge on any atom is 0.293 e. The molecule has 1 fully saturated rings. The van der Waals surface area contributed by atoms with E-state index in [1.165, 1.54) is 6.07 Å². The molecular weight excluding hydrogens is 424 g/mol. The number of aryl methyl sites for hydroxylation is 1. The smallest absolute Gasteiger partial charge is 0.293 e. The number of nitrogens with one attached hydrogen (secondary N) is 1. The second-order valence-electron chi connectivity index (χ2n) is 6.71. The molecule has 1 N–H and O–H groups in total. The quantitative estimate of drug-likeness (QED) is 0.540. The number of hydrogen-bond donors (Lipinski definition) is 1. The van der Waals surface area contributed by atoms with Crippen LogP contribution in [-0.4, -0.2) is 48.5 Å². The topological polar surface area (TPSA) is 78.7 Å². The van der Waals surface area contributed by atoms with E-state index in [0.29, 0.717) is 42.9 Å². The lowest BCUT2D eigenvalue weighted by atomic mass is 10.1. The van der Waals surface area contributed by atoms with Crippen LogP contribution in [0.5, 0.6) is 0 Å². The third kappa shape index (κ3) is 4.88. The zero-order valence-electron chi connectivity index (χ0n) is 15.7. The van der Waals surface area contributed by atoms with Crippen molar-refractivity contribution in [3.05, 3.63) is 62.6 Å². The summed E-state index contributed by atoms with van der Waals surface area (Å²) in [5.74, 6) is -0.0380. The van der Waals surface area contributed by atoms with Crippen molar-refractivity contribution >= 4 is 38.9 Å². The van der Waals surface area contributed by atoms with Gasteiger partial charge in [0.25, 0.3) is 5.69 Å². The van der Waals surface area contributed by atoms with Gasteiger partial charge >= 0.3 is 0 Å². The van der Waals surface area contributed by atoms with Crippen LogP contribution in [0.4, 0.5) is 17.1 Å². The van der Waals surface area contributed by atoms with E-state index in [4.69, 9.17) is 0 Å². The lowest BCUT2D eigenvalue weighted by molar-refractivity contribution is -0.384. The van der Waals surface area contributed by atoms with Gasteiger partial charge in [-0.25, -0.2) is 0 Å². The van der Waals surface area contributed by atoms with Crippen LogP contribution in [0.2, 0.25) is 0 Å². The summed E-state index contributed by atoms with van der Waals surface area (Å²) in [7, 11) is 0. The molecule has 0 aromatic heterocycles. The van der Waals surface area contributed by atoms with Crippen molar-refractivity contribution in [2.75, 3.05) is 42.9 Å². The van der Waals surface area contributed by atoms with Gasteiger partial charge in [0, 0.05) is 42.4 Å². The first-order chi connectivity index (χ1) is 13.5. The fourth-order valence-electron chi connectivity index (χ4n) is 3.40. The molecule has 2 aromatic carbocycles. The molecule has 1 aliphatic heterocycles. The highest BCUT2D eigenvalue weighted by molar-refractivity contribution is 9.10. The Balaban J connectivity index is 1.57. The van der Waals surface area contributed by atoms with E-state index in [1.54, 1.807) is 6.07 Å². The van der Waals surface area contributed by atoms with Crippen molar-refractivity contribution in [3.63, 3.8) is 0 Å². The van der Waals surface area contributed by atoms with E-state index in [2.05, 4.69) is 33.1 Å². The Morgan fingerprint density at radius 3 is 2.57 bits per heavy atom. The first-order valence-corrected chi connectivity index (χ1v) is 10.1. The third-order valence-electron chi connectivity index (χ3n) is 4.89. The molecule has 28 heavy (non-hydrogen) atoms. The Morgan fingerprint density at radius 2 is 1.89 bits per heavy atom. The summed E-state index contributed by atoms with van der Waals surface area (Å²) in [5, 5.41) is 14.3. The van der Waals surface area contributed by atoms with Crippen molar-refractivity contribution in [1.82, 2.24) is 4.90 Å². The number of nitro benzene ring substituents is 1. The molecule has 0 aliphatic carbocycles. The maximum atomic E-state index is 12.4. The molecule has 0 spiro atoms. The van der Waals surface area contributed by atoms with Crippen LogP contribution in [0.1, 0.15) is 12.5 Å². The number of carbonyl (C=O) groups excluding carboxylic acids is 1. The minimum absolute atomic E-state index is 0.0380. The highest BCUT2D eigenvalue weighted by atomic mass is 79.9. The Hall–Kier alpha value is -2.45. The Kier molecular flexibility index (Phi) is 6.64. The predicted octanol–water partition coefficient (Wildman–Crippen LogP) is 3.68. The largest absolute Gasteiger partial charge is 0.363 e. The van der Waals surface area contributed by atoms with Gasteiger partial charge in [-0.2, -0.15) is 0 Å². The van der Waals surface area contributed by atoms with Crippen LogP contribution in [0.25, 0.3) is 0 Å². The van der Waals surface area contributed by atoms with Gasteiger partial charge in [0.05, 0.1) is 11.5 Å². The molecule has 1 aliphatic rings. The second kappa shape index (κ2) is 9.16. The Labute approximate surface area is 172 Å². The van der Waals surface area contributed by atoms with Crippen LogP contribution in [-0.2, 0) is 11.2 Å². The van der Waals surface area contributed by atoms with Gasteiger partial charge < -0.3 is 10.2 Å². The minimum atomic E-state index is -0.356. The molecule has 0 atom stereocenters. The zero-order chi connectivity index (χ0) is 20.1. The molecule has 1 saturated heterocycles. The number of benzene rings is 2. The molecule has 0 bridgehead atoms. The highest BCUT2D eigenvalue weighted by Crippen LogP contribution is 2.31. The Morgan fingerprint density at radius 1 is 1.18 bits per heavy atom. The van der Waals surface area contributed by atoms with Crippen molar-refractivity contribution in [2.45, 2.75) is 13.3 Å². The van der Waals surface area contributed by atoms with Crippen LogP contribution >= 0.6 is 15.9 Å². The average molecular weight is 447 g/mol. The number of nitro groups is 1. The van der Waals surface area contributed by atoms with E-state index in [9.17, 15) is 14.9 Å². The van der Waals surface area contributed by atoms with Crippen molar-refractivity contribution in [1.29, 1.82) is 0 Å². The van der Waals surface area contributed by atoms with Crippen LogP contribution < -0.4 is 10.2 Å². The summed E-state index contributed by atoms with van der Waals surface area (Å²) in [4.78, 5) is 27.5. The second-order valence-corrected chi connectivity index (χ2v) is 7.63. The summed E-state index contributed by atoms with van der Waals surface area (Å²) in [5.41, 5.74) is 2.69. The third-order valence-corrected chi connectivity index (χ3v) is 5.38. The first kappa shape index (κ1) is 20.3. The predicted molar refractivity (Wildman–Crippen MR) is 114 cm³/mol. The van der Waals surface area contributed by atoms with Gasteiger partial charge in [-0.1, -0.05) is 41.1 Å². The lowest BCUT2D eigenvalue weighted by Crippen LogP contribution is -2.48. The van der Waals surface area contributed by atoms with Gasteiger partial charge in [-0.3, -0.25) is 19.8 Å². The first-order valence-electron chi connectivity index (χ1n) is 9.27. The van der Waals surface area contributed by atoms with Gasteiger partial charge in [0.1, 0.15) is 5.69 Å². The van der Waals surface area contributed by atoms with Gasteiger partial charge in [-0.05, 0) is 30.2 Å². The molecule has 3 rings (SSSR count). The minimum Gasteiger partial charge on any atom is -0.363 e. The SMILES string of the molecule is CCc1ccccc1NC(=O)CN1CCN(c2ccc(Br)cc2[N+](=O)[O-])CC1. The number of hydrogen-bond acceptors (Lipinski definition) is 5. The normalized spacial score (nSPS) is 14.7. The molecule has 1 amide bonds. The number of rotatable bonds is 6. The van der Waals surface area contributed by atoms with E-state index < -0.39 is 0 Å². The van der Waals surface area contributed by atoms with E-state index in [-0.39, 0.29) is 16.5 Å². The fraction of sp³-hybridized carbons (Fsp3) is 0.350. The van der Waals surface area contributed by atoms with Crippen LogP contribution in [0.15, 0.2) is 46.9 Å². The molecule has 148 valence electrons. The molecule has 0 unspecified atom stereocenters. The molecule has 2 aromatic rings. The molecule has 0 saturated carbocycles. The lowest BCUT2D eigenvalue weighted by Gasteiger charge is -2.35. The van der Waals surface area contributed by atoms with E-state index in [1.807, 2.05) is 35.2 Å². The maximum absolute atomic E-state index is 12.4. The Bertz CT molecular complexity index is 866. The molecule has 7 nitrogen and oxygen atoms in total. The number of para-hydroxylation sites is 1. The number of amides is 1. The highest BCUT2D eigenvalue weighted by Gasteiger charge is 2.24. The standard InChI is InChI=1S/C20H23BrN4O3/c1-2-15-5-3-4-6-17(15)22-20(26)14-23-9-11-24(12-10-23)18-8-7-16(21)13-19(18)25(27)28/h3-8,13H,2,9-12,14H2,1H3,(H,22,26). The van der Waals surface area contributed by atoms with Crippen molar-refractivity contribution in [3.8, 4) is 0 Å². The van der Waals surface area contributed by atoms with Gasteiger partial charge in [-0.15, -0.1) is 0 Å². The summed E-state index contributed by atoms with van der Waals surface area (Å²) in [6.07, 6.45) is 0.862. The van der Waals surface area contributed by atoms with Crippen molar-refractivity contribution < 1.29 is 9.72 Å². The summed E-state index contributed by atoms with van der Waals surface area (Å²) in [6, 6.07) is 12.9. The zero-order valence-corrected chi connectivity index (χ0v) is 17.3. The molecule has 0 radical (unpaired) electrons. The van der Waals surface area contributed by atoms with Gasteiger partial charge in [0.2, 0.25) is 5.91 Å². The van der Waals surface area contributed by atoms with E-state index in [0.717, 1.165) is 17.7 Å². The number of halogens is 1. The number of nitrogens with zero attached hydrogens (tertiary/aromatic N) is 3. The molecule has 8 heteroatoms. The fourth-order valence-corrected chi connectivity index (χ4v) is 3.75. The molecule has 1 heterocycles. The summed E-state index contributed by atoms with van der Waals surface area (Å²) >= 11 is 3.29. The monoisotopic (exact) mass is 446 g/mol. The average Bonchev–Trinajstić information content (AvgIpc) is 2.69. The van der Waals surface area contributed by atoms with Crippen LogP contribution in [0, 0.1) is 10.1 Å². The van der Waals surface area contributed by atoms with Crippen molar-refractivity contribution in [2.24, 2.45) is 0 Å². The summed E-state index contributed by atoms with van der Waals surface area (Å²) in [6.45, 7) is 5.01. The summed E-state index contributed by atoms with van der Waals surface area (Å²) < 4.78 is 0.686. The number of anilines is 2. The van der Waals surface area contributed by atoms with Gasteiger partial charge in [0.15, 0.2) is 0 Å². The number of piperazine rings is 1.